The Morgan fingerprint density at radius 3 is 3.05 bits per heavy atom. The van der Waals surface area contributed by atoms with Crippen molar-refractivity contribution < 1.29 is 9.90 Å². The van der Waals surface area contributed by atoms with E-state index < -0.39 is 0 Å². The zero-order valence-electron chi connectivity index (χ0n) is 10.2. The van der Waals surface area contributed by atoms with Gasteiger partial charge in [0.1, 0.15) is 17.3 Å². The Bertz CT molecular complexity index is 655. The molecule has 2 heterocycles. The van der Waals surface area contributed by atoms with E-state index in [1.807, 2.05) is 0 Å². The minimum Gasteiger partial charge on any atom is -0.384 e. The number of aryl methyl sites for hydroxylation is 1. The average molecular weight is 273 g/mol. The van der Waals surface area contributed by atoms with Crippen LogP contribution in [0, 0.1) is 18.8 Å². The van der Waals surface area contributed by atoms with Crippen LogP contribution in [0.5, 0.6) is 0 Å². The molecule has 6 heteroatoms. The summed E-state index contributed by atoms with van der Waals surface area (Å²) >= 11 is 1.28. The molecule has 0 aliphatic rings. The molecule has 0 spiro atoms. The summed E-state index contributed by atoms with van der Waals surface area (Å²) in [6.45, 7) is 1.58. The first kappa shape index (κ1) is 13.2. The summed E-state index contributed by atoms with van der Waals surface area (Å²) in [6, 6.07) is 3.35. The maximum Gasteiger partial charge on any atom is 0.268 e. The second-order valence-electron chi connectivity index (χ2n) is 3.61. The first-order valence-corrected chi connectivity index (χ1v) is 6.36. The zero-order chi connectivity index (χ0) is 13.7. The van der Waals surface area contributed by atoms with Gasteiger partial charge in [0.25, 0.3) is 5.91 Å². The molecule has 0 radical (unpaired) electrons. The molecule has 0 bridgehead atoms. The first-order chi connectivity index (χ1) is 9.20. The van der Waals surface area contributed by atoms with E-state index in [2.05, 4.69) is 27.1 Å². The summed E-state index contributed by atoms with van der Waals surface area (Å²) in [5.41, 5.74) is 3.00. The van der Waals surface area contributed by atoms with Crippen molar-refractivity contribution in [2.75, 3.05) is 11.9 Å². The molecule has 0 saturated heterocycles. The molecule has 0 saturated carbocycles. The lowest BCUT2D eigenvalue weighted by Gasteiger charge is -2.03. The van der Waals surface area contributed by atoms with Gasteiger partial charge in [-0.05, 0) is 19.1 Å². The highest BCUT2D eigenvalue weighted by Gasteiger charge is 2.12. The van der Waals surface area contributed by atoms with Gasteiger partial charge in [-0.15, -0.1) is 11.3 Å². The monoisotopic (exact) mass is 273 g/mol. The van der Waals surface area contributed by atoms with Crippen LogP contribution in [0.3, 0.4) is 0 Å². The van der Waals surface area contributed by atoms with Crippen LogP contribution in [0.1, 0.15) is 20.9 Å². The minimum atomic E-state index is -0.236. The number of carbonyl (C=O) groups excluding carboxylic acids is 1. The highest BCUT2D eigenvalue weighted by molar-refractivity contribution is 7.12. The summed E-state index contributed by atoms with van der Waals surface area (Å²) in [5, 5.41) is 11.3. The Morgan fingerprint density at radius 2 is 2.37 bits per heavy atom. The third kappa shape index (κ3) is 3.37. The number of amides is 1. The molecule has 2 aromatic rings. The van der Waals surface area contributed by atoms with Gasteiger partial charge in [-0.3, -0.25) is 4.79 Å². The van der Waals surface area contributed by atoms with E-state index in [-0.39, 0.29) is 12.5 Å². The van der Waals surface area contributed by atoms with Crippen LogP contribution in [0.15, 0.2) is 23.8 Å². The van der Waals surface area contributed by atoms with Gasteiger partial charge in [-0.25, -0.2) is 9.97 Å². The van der Waals surface area contributed by atoms with Crippen LogP contribution in [-0.2, 0) is 0 Å². The van der Waals surface area contributed by atoms with E-state index in [1.165, 1.54) is 11.3 Å². The van der Waals surface area contributed by atoms with Crippen molar-refractivity contribution in [1.82, 2.24) is 9.97 Å². The lowest BCUT2D eigenvalue weighted by Crippen LogP contribution is -2.12. The normalized spacial score (nSPS) is 9.58. The van der Waals surface area contributed by atoms with Gasteiger partial charge >= 0.3 is 0 Å². The van der Waals surface area contributed by atoms with Crippen molar-refractivity contribution in [3.63, 3.8) is 0 Å². The Hall–Kier alpha value is -2.23. The van der Waals surface area contributed by atoms with Crippen molar-refractivity contribution >= 4 is 23.1 Å². The van der Waals surface area contributed by atoms with Gasteiger partial charge in [0.05, 0.1) is 11.2 Å². The molecule has 2 N–H and O–H groups in total. The molecule has 0 aliphatic carbocycles. The van der Waals surface area contributed by atoms with E-state index >= 15 is 0 Å². The number of carbonyl (C=O) groups is 1. The number of nitrogens with one attached hydrogen (secondary N) is 1. The number of thiazole rings is 1. The molecule has 96 valence electrons. The second-order valence-corrected chi connectivity index (χ2v) is 4.47. The number of rotatable bonds is 2. The number of hydrogen-bond donors (Lipinski definition) is 2. The summed E-state index contributed by atoms with van der Waals surface area (Å²) in [7, 11) is 0. The third-order valence-electron chi connectivity index (χ3n) is 2.27. The van der Waals surface area contributed by atoms with E-state index in [1.54, 1.807) is 30.8 Å². The van der Waals surface area contributed by atoms with Crippen LogP contribution in [0.2, 0.25) is 0 Å². The first-order valence-electron chi connectivity index (χ1n) is 5.48. The molecular weight excluding hydrogens is 262 g/mol. The second kappa shape index (κ2) is 6.09. The molecule has 2 aromatic heterocycles. The number of aromatic nitrogens is 2. The van der Waals surface area contributed by atoms with Gasteiger partial charge in [0.15, 0.2) is 0 Å². The Balaban J connectivity index is 2.15. The molecular formula is C13H11N3O2S. The third-order valence-corrected chi connectivity index (χ3v) is 3.19. The molecule has 19 heavy (non-hydrogen) atoms. The lowest BCUT2D eigenvalue weighted by molar-refractivity contribution is 0.102. The SMILES string of the molecule is Cc1ncsc1C(=O)Nc1cc(C#CCO)ccn1. The number of hydrogen-bond acceptors (Lipinski definition) is 5. The van der Waals surface area contributed by atoms with Crippen molar-refractivity contribution in [3.05, 3.63) is 40.0 Å². The fourth-order valence-corrected chi connectivity index (χ4v) is 2.11. The molecule has 0 atom stereocenters. The summed E-state index contributed by atoms with van der Waals surface area (Å²) in [5.74, 6) is 5.47. The standard InChI is InChI=1S/C13H11N3O2S/c1-9-12(19-8-15-9)13(18)16-11-7-10(3-2-6-17)4-5-14-11/h4-5,7-8,17H,6H2,1H3,(H,14,16,18). The van der Waals surface area contributed by atoms with Crippen LogP contribution in [-0.4, -0.2) is 27.6 Å². The molecule has 0 aromatic carbocycles. The summed E-state index contributed by atoms with van der Waals surface area (Å²) in [6.07, 6.45) is 1.55. The van der Waals surface area contributed by atoms with Crippen LogP contribution >= 0.6 is 11.3 Å². The predicted octanol–water partition coefficient (Wildman–Crippen LogP) is 1.44. The maximum atomic E-state index is 12.0. The Labute approximate surface area is 114 Å². The number of pyridine rings is 1. The van der Waals surface area contributed by atoms with Crippen LogP contribution in [0.25, 0.3) is 0 Å². The van der Waals surface area contributed by atoms with Gasteiger partial charge in [-0.2, -0.15) is 0 Å². The van der Waals surface area contributed by atoms with Crippen molar-refractivity contribution in [2.45, 2.75) is 6.92 Å². The largest absolute Gasteiger partial charge is 0.384 e. The smallest absolute Gasteiger partial charge is 0.268 e. The van der Waals surface area contributed by atoms with E-state index in [0.717, 1.165) is 0 Å². The Morgan fingerprint density at radius 1 is 1.53 bits per heavy atom. The molecule has 0 aliphatic heterocycles. The molecule has 5 nitrogen and oxygen atoms in total. The minimum absolute atomic E-state index is 0.204. The topological polar surface area (TPSA) is 75.1 Å². The van der Waals surface area contributed by atoms with Gasteiger partial charge in [0, 0.05) is 11.8 Å². The highest BCUT2D eigenvalue weighted by atomic mass is 32.1. The summed E-state index contributed by atoms with van der Waals surface area (Å²) < 4.78 is 0. The van der Waals surface area contributed by atoms with Gasteiger partial charge < -0.3 is 10.4 Å². The molecule has 1 amide bonds. The lowest BCUT2D eigenvalue weighted by atomic mass is 10.2. The van der Waals surface area contributed by atoms with Crippen molar-refractivity contribution in [1.29, 1.82) is 0 Å². The number of aliphatic hydroxyl groups is 1. The maximum absolute atomic E-state index is 12.0. The fraction of sp³-hybridized carbons (Fsp3) is 0.154. The van der Waals surface area contributed by atoms with E-state index in [9.17, 15) is 4.79 Å². The molecule has 0 unspecified atom stereocenters. The van der Waals surface area contributed by atoms with E-state index in [4.69, 9.17) is 5.11 Å². The van der Waals surface area contributed by atoms with Crippen LogP contribution in [0.4, 0.5) is 5.82 Å². The van der Waals surface area contributed by atoms with Crippen LogP contribution < -0.4 is 5.32 Å². The number of nitrogens with zero attached hydrogens (tertiary/aromatic N) is 2. The Kier molecular flexibility index (Phi) is 4.23. The van der Waals surface area contributed by atoms with Crippen molar-refractivity contribution in [2.24, 2.45) is 0 Å². The predicted molar refractivity (Wildman–Crippen MR) is 73.0 cm³/mol. The van der Waals surface area contributed by atoms with E-state index in [0.29, 0.717) is 22.0 Å². The van der Waals surface area contributed by atoms with Gasteiger partial charge in [-0.1, -0.05) is 11.8 Å². The summed E-state index contributed by atoms with van der Waals surface area (Å²) in [4.78, 5) is 20.6. The fourth-order valence-electron chi connectivity index (χ4n) is 1.41. The van der Waals surface area contributed by atoms with Crippen molar-refractivity contribution in [3.8, 4) is 11.8 Å². The number of anilines is 1. The molecule has 2 rings (SSSR count). The average Bonchev–Trinajstić information content (AvgIpc) is 2.83. The van der Waals surface area contributed by atoms with Gasteiger partial charge in [0.2, 0.25) is 0 Å². The highest BCUT2D eigenvalue weighted by Crippen LogP contribution is 2.14. The zero-order valence-corrected chi connectivity index (χ0v) is 11.0. The quantitative estimate of drug-likeness (QED) is 0.812. The molecule has 0 fully saturated rings. The number of aliphatic hydroxyl groups excluding tert-OH is 1.